The van der Waals surface area contributed by atoms with Gasteiger partial charge in [-0.2, -0.15) is 0 Å². The smallest absolute Gasteiger partial charge is 0.272 e. The van der Waals surface area contributed by atoms with E-state index in [-0.39, 0.29) is 18.6 Å². The average Bonchev–Trinajstić information content (AvgIpc) is 2.89. The Balaban J connectivity index is 1.85. The molecule has 0 saturated carbocycles. The zero-order chi connectivity index (χ0) is 23.3. The Morgan fingerprint density at radius 2 is 1.72 bits per heavy atom. The lowest BCUT2D eigenvalue weighted by Crippen LogP contribution is -2.52. The van der Waals surface area contributed by atoms with Gasteiger partial charge in [-0.1, -0.05) is 48.5 Å². The van der Waals surface area contributed by atoms with Crippen molar-refractivity contribution in [3.63, 3.8) is 0 Å². The number of likely N-dealkylation sites (N-methyl/N-ethyl adjacent to an activating group) is 1. The fourth-order valence-corrected chi connectivity index (χ4v) is 3.29. The normalized spacial score (nSPS) is 16.7. The molecule has 0 fully saturated rings. The number of nitrogens with one attached hydrogen (secondary N) is 2. The highest BCUT2D eigenvalue weighted by Crippen LogP contribution is 2.27. The monoisotopic (exact) mass is 436 g/mol. The lowest BCUT2D eigenvalue weighted by Gasteiger charge is -2.22. The maximum absolute atomic E-state index is 13.1. The van der Waals surface area contributed by atoms with Crippen LogP contribution in [0.15, 0.2) is 59.6 Å². The molecule has 3 rings (SSSR count). The van der Waals surface area contributed by atoms with Crippen LogP contribution in [0.4, 0.5) is 5.69 Å². The molecule has 1 aliphatic heterocycles. The van der Waals surface area contributed by atoms with Crippen LogP contribution in [0.1, 0.15) is 31.9 Å². The van der Waals surface area contributed by atoms with Crippen LogP contribution in [0.25, 0.3) is 0 Å². The van der Waals surface area contributed by atoms with Crippen molar-refractivity contribution in [2.75, 3.05) is 18.6 Å². The Kier molecular flexibility index (Phi) is 7.37. The number of aliphatic imine (C=N–C) groups is 1. The van der Waals surface area contributed by atoms with Crippen molar-refractivity contribution in [2.24, 2.45) is 4.99 Å². The molecule has 1 heterocycles. The number of para-hydroxylation sites is 1. The summed E-state index contributed by atoms with van der Waals surface area (Å²) in [6.45, 7) is 5.03. The van der Waals surface area contributed by atoms with E-state index in [1.807, 2.05) is 68.4 Å². The number of carbonyl (C=O) groups excluding carboxylic acids is 3. The molecule has 2 aromatic rings. The second kappa shape index (κ2) is 10.2. The van der Waals surface area contributed by atoms with Crippen LogP contribution in [-0.2, 0) is 19.1 Å². The van der Waals surface area contributed by atoms with Crippen molar-refractivity contribution >= 4 is 29.1 Å². The zero-order valence-corrected chi connectivity index (χ0v) is 18.7. The zero-order valence-electron chi connectivity index (χ0n) is 18.7. The van der Waals surface area contributed by atoms with Crippen LogP contribution in [0.5, 0.6) is 0 Å². The fraction of sp³-hybridized carbons (Fsp3) is 0.333. The van der Waals surface area contributed by atoms with Gasteiger partial charge in [-0.25, -0.2) is 4.99 Å². The molecule has 32 heavy (non-hydrogen) atoms. The van der Waals surface area contributed by atoms with E-state index in [1.165, 1.54) is 4.90 Å². The molecule has 168 valence electrons. The summed E-state index contributed by atoms with van der Waals surface area (Å²) in [6, 6.07) is 16.1. The van der Waals surface area contributed by atoms with Crippen LogP contribution >= 0.6 is 0 Å². The number of hydrogen-bond donors (Lipinski definition) is 2. The summed E-state index contributed by atoms with van der Waals surface area (Å²) in [5.74, 6) is -1.30. The number of fused-ring (bicyclic) bond motifs is 1. The van der Waals surface area contributed by atoms with Gasteiger partial charge in [0.15, 0.2) is 0 Å². The Hall–Kier alpha value is -3.52. The van der Waals surface area contributed by atoms with Gasteiger partial charge in [0, 0.05) is 18.2 Å². The number of benzodiazepines with no additional fused rings is 1. The molecule has 0 aromatic heterocycles. The second-order valence-electron chi connectivity index (χ2n) is 7.82. The number of carbonyl (C=O) groups is 3. The fourth-order valence-electron chi connectivity index (χ4n) is 3.29. The number of amides is 3. The van der Waals surface area contributed by atoms with Crippen LogP contribution in [0.2, 0.25) is 0 Å². The number of anilines is 1. The number of ether oxygens (including phenoxy) is 1. The summed E-state index contributed by atoms with van der Waals surface area (Å²) in [4.78, 5) is 44.0. The summed E-state index contributed by atoms with van der Waals surface area (Å²) in [5, 5.41) is 5.25. The van der Waals surface area contributed by atoms with E-state index in [0.717, 1.165) is 11.1 Å². The average molecular weight is 437 g/mol. The Labute approximate surface area is 187 Å². The molecule has 0 saturated heterocycles. The summed E-state index contributed by atoms with van der Waals surface area (Å²) in [6.07, 6.45) is -1.24. The molecule has 2 N–H and O–H groups in total. The van der Waals surface area contributed by atoms with E-state index >= 15 is 0 Å². The first-order chi connectivity index (χ1) is 15.3. The Morgan fingerprint density at radius 1 is 1.06 bits per heavy atom. The van der Waals surface area contributed by atoms with Crippen molar-refractivity contribution in [3.05, 3.63) is 65.7 Å². The van der Waals surface area contributed by atoms with Crippen molar-refractivity contribution < 1.29 is 19.1 Å². The minimum Gasteiger partial charge on any atom is -0.369 e. The van der Waals surface area contributed by atoms with Gasteiger partial charge in [-0.05, 0) is 26.8 Å². The highest BCUT2D eigenvalue weighted by atomic mass is 16.5. The topological polar surface area (TPSA) is 100 Å². The standard InChI is InChI=1S/C24H28N4O4/c1-15(2)32-14-20(29)25-16(3)23(30)27-22-24(31)28(4)19-13-9-8-12-18(19)21(26-22)17-10-6-5-7-11-17/h5-13,15-16,22H,14H2,1-4H3,(H,25,29)(H,27,30)/t16-,22+/m0/s1. The maximum Gasteiger partial charge on any atom is 0.272 e. The molecule has 2 aromatic carbocycles. The highest BCUT2D eigenvalue weighted by molar-refractivity contribution is 6.20. The van der Waals surface area contributed by atoms with Gasteiger partial charge in [0.05, 0.1) is 17.5 Å². The molecule has 0 aliphatic carbocycles. The molecular weight excluding hydrogens is 408 g/mol. The summed E-state index contributed by atoms with van der Waals surface area (Å²) in [5.41, 5.74) is 2.92. The minimum absolute atomic E-state index is 0.101. The predicted molar refractivity (Wildman–Crippen MR) is 123 cm³/mol. The summed E-state index contributed by atoms with van der Waals surface area (Å²) >= 11 is 0. The molecule has 8 heteroatoms. The first-order valence-electron chi connectivity index (χ1n) is 10.5. The molecular formula is C24H28N4O4. The SMILES string of the molecule is CC(C)OCC(=O)N[C@@H](C)C(=O)N[C@H]1N=C(c2ccccc2)c2ccccc2N(C)C1=O. The Bertz CT molecular complexity index is 1020. The molecule has 0 bridgehead atoms. The molecule has 8 nitrogen and oxygen atoms in total. The largest absolute Gasteiger partial charge is 0.369 e. The summed E-state index contributed by atoms with van der Waals surface area (Å²) < 4.78 is 5.25. The molecule has 0 spiro atoms. The number of rotatable bonds is 7. The lowest BCUT2D eigenvalue weighted by atomic mass is 10.0. The molecule has 0 radical (unpaired) electrons. The van der Waals surface area contributed by atoms with Crippen molar-refractivity contribution in [1.29, 1.82) is 0 Å². The van der Waals surface area contributed by atoms with Gasteiger partial charge in [0.1, 0.15) is 12.6 Å². The van der Waals surface area contributed by atoms with Gasteiger partial charge in [0.2, 0.25) is 18.0 Å². The van der Waals surface area contributed by atoms with Gasteiger partial charge in [-0.3, -0.25) is 14.4 Å². The van der Waals surface area contributed by atoms with Gasteiger partial charge >= 0.3 is 0 Å². The van der Waals surface area contributed by atoms with E-state index in [9.17, 15) is 14.4 Å². The third-order valence-electron chi connectivity index (χ3n) is 4.99. The van der Waals surface area contributed by atoms with Gasteiger partial charge in [0.25, 0.3) is 5.91 Å². The van der Waals surface area contributed by atoms with Crippen LogP contribution in [-0.4, -0.2) is 55.4 Å². The molecule has 0 unspecified atom stereocenters. The van der Waals surface area contributed by atoms with Crippen molar-refractivity contribution in [3.8, 4) is 0 Å². The maximum atomic E-state index is 13.1. The first-order valence-corrected chi connectivity index (χ1v) is 10.5. The van der Waals surface area contributed by atoms with E-state index in [2.05, 4.69) is 15.6 Å². The lowest BCUT2D eigenvalue weighted by molar-refractivity contribution is -0.133. The highest BCUT2D eigenvalue weighted by Gasteiger charge is 2.32. The van der Waals surface area contributed by atoms with E-state index in [4.69, 9.17) is 4.74 Å². The number of nitrogens with zero attached hydrogens (tertiary/aromatic N) is 2. The van der Waals surface area contributed by atoms with Gasteiger partial charge in [-0.15, -0.1) is 0 Å². The van der Waals surface area contributed by atoms with Crippen LogP contribution in [0.3, 0.4) is 0 Å². The molecule has 1 aliphatic rings. The minimum atomic E-state index is -1.14. The third kappa shape index (κ3) is 5.39. The first kappa shape index (κ1) is 23.1. The Morgan fingerprint density at radius 3 is 2.41 bits per heavy atom. The third-order valence-corrected chi connectivity index (χ3v) is 4.99. The van der Waals surface area contributed by atoms with Gasteiger partial charge < -0.3 is 20.3 Å². The number of benzene rings is 2. The van der Waals surface area contributed by atoms with E-state index < -0.39 is 24.0 Å². The molecule has 3 amide bonds. The van der Waals surface area contributed by atoms with Crippen molar-refractivity contribution in [2.45, 2.75) is 39.1 Å². The quantitative estimate of drug-likeness (QED) is 0.692. The number of hydrogen-bond acceptors (Lipinski definition) is 5. The van der Waals surface area contributed by atoms with Crippen molar-refractivity contribution in [1.82, 2.24) is 10.6 Å². The van der Waals surface area contributed by atoms with E-state index in [0.29, 0.717) is 11.4 Å². The molecule has 2 atom stereocenters. The second-order valence-corrected chi connectivity index (χ2v) is 7.82. The predicted octanol–water partition coefficient (Wildman–Crippen LogP) is 1.87. The summed E-state index contributed by atoms with van der Waals surface area (Å²) in [7, 11) is 1.65. The van der Waals surface area contributed by atoms with Crippen LogP contribution < -0.4 is 15.5 Å². The van der Waals surface area contributed by atoms with Crippen LogP contribution in [0, 0.1) is 0 Å². The van der Waals surface area contributed by atoms with E-state index in [1.54, 1.807) is 14.0 Å².